The van der Waals surface area contributed by atoms with Gasteiger partial charge in [-0.15, -0.1) is 0 Å². The van der Waals surface area contributed by atoms with Gasteiger partial charge in [0.25, 0.3) is 0 Å². The Hall–Kier alpha value is -3.14. The van der Waals surface area contributed by atoms with Crippen LogP contribution in [0.4, 0.5) is 5.82 Å². The van der Waals surface area contributed by atoms with Crippen LogP contribution in [0, 0.1) is 0 Å². The van der Waals surface area contributed by atoms with Gasteiger partial charge in [0.05, 0.1) is 31.3 Å². The van der Waals surface area contributed by atoms with Crippen molar-refractivity contribution in [3.8, 4) is 11.1 Å². The summed E-state index contributed by atoms with van der Waals surface area (Å²) < 4.78 is 1.92. The summed E-state index contributed by atoms with van der Waals surface area (Å²) in [6.07, 6.45) is 5.28. The van der Waals surface area contributed by atoms with E-state index in [1.165, 1.54) is 7.11 Å². The molecule has 0 amide bonds. The number of aromatic nitrogens is 5. The third-order valence-electron chi connectivity index (χ3n) is 4.54. The van der Waals surface area contributed by atoms with E-state index in [1.54, 1.807) is 32.4 Å². The summed E-state index contributed by atoms with van der Waals surface area (Å²) >= 11 is 0. The van der Waals surface area contributed by atoms with E-state index in [0.717, 1.165) is 16.6 Å². The Morgan fingerprint density at radius 3 is 2.72 bits per heavy atom. The zero-order valence-corrected chi connectivity index (χ0v) is 16.5. The highest BCUT2D eigenvalue weighted by Gasteiger charge is 2.23. The normalized spacial score (nSPS) is 12.1. The van der Waals surface area contributed by atoms with Gasteiger partial charge in [-0.05, 0) is 26.0 Å². The van der Waals surface area contributed by atoms with Crippen molar-refractivity contribution in [2.75, 3.05) is 12.8 Å². The lowest BCUT2D eigenvalue weighted by Gasteiger charge is -2.20. The first kappa shape index (κ1) is 19.2. The fourth-order valence-electron chi connectivity index (χ4n) is 3.34. The monoisotopic (exact) mass is 393 g/mol. The van der Waals surface area contributed by atoms with Crippen LogP contribution in [-0.2, 0) is 17.9 Å². The molecule has 0 unspecified atom stereocenters. The van der Waals surface area contributed by atoms with Crippen molar-refractivity contribution < 1.29 is 9.94 Å². The lowest BCUT2D eigenvalue weighted by molar-refractivity contribution is 0.0581. The van der Waals surface area contributed by atoms with Gasteiger partial charge < -0.3 is 20.2 Å². The lowest BCUT2D eigenvalue weighted by Crippen LogP contribution is -2.28. The molecule has 4 rings (SSSR count). The smallest absolute Gasteiger partial charge is 0.152 e. The van der Waals surface area contributed by atoms with Crippen LogP contribution in [0.3, 0.4) is 0 Å². The molecule has 9 nitrogen and oxygen atoms in total. The predicted molar refractivity (Wildman–Crippen MR) is 111 cm³/mol. The van der Waals surface area contributed by atoms with Crippen molar-refractivity contribution in [3.05, 3.63) is 42.6 Å². The Kier molecular flexibility index (Phi) is 4.87. The largest absolute Gasteiger partial charge is 0.389 e. The lowest BCUT2D eigenvalue weighted by atomic mass is 10.1. The molecule has 4 heterocycles. The van der Waals surface area contributed by atoms with Crippen LogP contribution in [0.5, 0.6) is 0 Å². The first-order chi connectivity index (χ1) is 13.9. The predicted octanol–water partition coefficient (Wildman–Crippen LogP) is 2.05. The van der Waals surface area contributed by atoms with E-state index in [2.05, 4.69) is 25.4 Å². The molecule has 0 aliphatic rings. The third kappa shape index (κ3) is 3.75. The molecule has 0 atom stereocenters. The van der Waals surface area contributed by atoms with Crippen LogP contribution >= 0.6 is 0 Å². The maximum absolute atomic E-state index is 10.5. The average molecular weight is 393 g/mol. The summed E-state index contributed by atoms with van der Waals surface area (Å²) in [6.45, 7) is 4.14. The molecule has 0 spiro atoms. The van der Waals surface area contributed by atoms with Gasteiger partial charge in [-0.1, -0.05) is 6.07 Å². The minimum Gasteiger partial charge on any atom is -0.389 e. The summed E-state index contributed by atoms with van der Waals surface area (Å²) in [5.41, 5.74) is 12.5. The Morgan fingerprint density at radius 2 is 2.03 bits per heavy atom. The van der Waals surface area contributed by atoms with E-state index in [1.807, 2.05) is 22.8 Å². The number of nitrogen functional groups attached to an aromatic ring is 1. The van der Waals surface area contributed by atoms with Crippen molar-refractivity contribution in [2.45, 2.75) is 32.5 Å². The van der Waals surface area contributed by atoms with Crippen molar-refractivity contribution in [3.63, 3.8) is 0 Å². The van der Waals surface area contributed by atoms with Crippen molar-refractivity contribution >= 4 is 27.9 Å². The number of fused-ring (bicyclic) bond motifs is 3. The molecule has 0 aromatic carbocycles. The Balaban J connectivity index is 1.96. The standard InChI is InChI=1S/C20H23N7O2/c1-20(2,28)11-27-15(10-24-29-3)26-17-18(27)16-14(25-19(17)21)7-13(9-23-16)12-5-4-6-22-8-12/h4-9,24,28H,10-11H2,1-3H3,(H2,21,25). The molecule has 29 heavy (non-hydrogen) atoms. The number of rotatable bonds is 6. The van der Waals surface area contributed by atoms with Gasteiger partial charge in [-0.3, -0.25) is 9.97 Å². The second kappa shape index (κ2) is 7.36. The molecular formula is C20H23N7O2. The number of nitrogens with one attached hydrogen (secondary N) is 1. The van der Waals surface area contributed by atoms with Crippen LogP contribution in [-0.4, -0.2) is 42.3 Å². The zero-order chi connectivity index (χ0) is 20.6. The van der Waals surface area contributed by atoms with Crippen molar-refractivity contribution in [1.29, 1.82) is 0 Å². The number of imidazole rings is 1. The number of hydrogen-bond donors (Lipinski definition) is 3. The fraction of sp³-hybridized carbons (Fsp3) is 0.300. The van der Waals surface area contributed by atoms with E-state index in [0.29, 0.717) is 41.3 Å². The molecule has 0 saturated carbocycles. The molecule has 9 heteroatoms. The summed E-state index contributed by atoms with van der Waals surface area (Å²) in [4.78, 5) is 23.0. The van der Waals surface area contributed by atoms with E-state index < -0.39 is 5.60 Å². The minimum absolute atomic E-state index is 0.311. The van der Waals surface area contributed by atoms with Gasteiger partial charge in [0.15, 0.2) is 5.82 Å². The van der Waals surface area contributed by atoms with Crippen LogP contribution in [0.1, 0.15) is 19.7 Å². The zero-order valence-electron chi connectivity index (χ0n) is 16.5. The van der Waals surface area contributed by atoms with Crippen LogP contribution in [0.15, 0.2) is 36.8 Å². The molecule has 4 aromatic rings. The van der Waals surface area contributed by atoms with E-state index >= 15 is 0 Å². The Bertz CT molecular complexity index is 1170. The third-order valence-corrected chi connectivity index (χ3v) is 4.54. The second-order valence-electron chi connectivity index (χ2n) is 7.48. The van der Waals surface area contributed by atoms with Crippen molar-refractivity contribution in [1.82, 2.24) is 30.0 Å². The van der Waals surface area contributed by atoms with Crippen LogP contribution in [0.2, 0.25) is 0 Å². The van der Waals surface area contributed by atoms with Gasteiger partial charge in [0.1, 0.15) is 22.4 Å². The highest BCUT2D eigenvalue weighted by molar-refractivity contribution is 6.05. The Morgan fingerprint density at radius 1 is 1.21 bits per heavy atom. The average Bonchev–Trinajstić information content (AvgIpc) is 3.04. The molecule has 0 aliphatic carbocycles. The van der Waals surface area contributed by atoms with Gasteiger partial charge in [-0.25, -0.2) is 9.97 Å². The molecule has 0 bridgehead atoms. The molecule has 4 aromatic heterocycles. The molecule has 0 fully saturated rings. The molecule has 150 valence electrons. The maximum atomic E-state index is 10.5. The van der Waals surface area contributed by atoms with E-state index in [4.69, 9.17) is 10.6 Å². The number of anilines is 1. The van der Waals surface area contributed by atoms with Crippen molar-refractivity contribution in [2.24, 2.45) is 0 Å². The second-order valence-corrected chi connectivity index (χ2v) is 7.48. The number of aliphatic hydroxyl groups is 1. The quantitative estimate of drug-likeness (QED) is 0.425. The van der Waals surface area contributed by atoms with Gasteiger partial charge in [0.2, 0.25) is 0 Å². The summed E-state index contributed by atoms with van der Waals surface area (Å²) in [6, 6.07) is 5.77. The van der Waals surface area contributed by atoms with Crippen LogP contribution < -0.4 is 11.2 Å². The molecule has 0 radical (unpaired) electrons. The summed E-state index contributed by atoms with van der Waals surface area (Å²) in [7, 11) is 1.54. The Labute approximate surface area is 167 Å². The van der Waals surface area contributed by atoms with E-state index in [-0.39, 0.29) is 0 Å². The molecule has 0 aliphatic heterocycles. The minimum atomic E-state index is -0.963. The SMILES string of the molecule is CONCc1nc2c(N)nc3cc(-c4cccnc4)cnc3c2n1CC(C)(C)O. The fourth-order valence-corrected chi connectivity index (χ4v) is 3.34. The first-order valence-electron chi connectivity index (χ1n) is 9.20. The van der Waals surface area contributed by atoms with Gasteiger partial charge in [-0.2, -0.15) is 5.48 Å². The molecule has 0 saturated heterocycles. The number of nitrogens with two attached hydrogens (primary N) is 1. The number of nitrogens with zero attached hydrogens (tertiary/aromatic N) is 5. The maximum Gasteiger partial charge on any atom is 0.152 e. The molecular weight excluding hydrogens is 370 g/mol. The highest BCUT2D eigenvalue weighted by atomic mass is 16.6. The first-order valence-corrected chi connectivity index (χ1v) is 9.20. The number of hydrogen-bond acceptors (Lipinski definition) is 8. The topological polar surface area (TPSA) is 124 Å². The highest BCUT2D eigenvalue weighted by Crippen LogP contribution is 2.31. The summed E-state index contributed by atoms with van der Waals surface area (Å²) in [5, 5.41) is 10.5. The number of pyridine rings is 3. The van der Waals surface area contributed by atoms with E-state index in [9.17, 15) is 5.11 Å². The van der Waals surface area contributed by atoms with Gasteiger partial charge >= 0.3 is 0 Å². The molecule has 4 N–H and O–H groups in total. The summed E-state index contributed by atoms with van der Waals surface area (Å²) in [5.74, 6) is 0.980. The van der Waals surface area contributed by atoms with Gasteiger partial charge in [0, 0.05) is 29.7 Å². The number of hydroxylamine groups is 1. The van der Waals surface area contributed by atoms with Crippen LogP contribution in [0.25, 0.3) is 33.2 Å².